The largest absolute Gasteiger partial charge is 0.368 e. The molecule has 0 fully saturated rings. The minimum Gasteiger partial charge on any atom is -0.368 e. The Morgan fingerprint density at radius 1 is 0.583 bits per heavy atom. The molecule has 0 aliphatic heterocycles. The van der Waals surface area contributed by atoms with Crippen LogP contribution in [0.3, 0.4) is 0 Å². The summed E-state index contributed by atoms with van der Waals surface area (Å²) in [5.41, 5.74) is 0. The lowest BCUT2D eigenvalue weighted by molar-refractivity contribution is -0.0869. The van der Waals surface area contributed by atoms with Crippen molar-refractivity contribution < 1.29 is 15.4 Å². The predicted molar refractivity (Wildman–Crippen MR) is 101 cm³/mol. The third-order valence-electron chi connectivity index (χ3n) is 4.74. The molecule has 0 unspecified atom stereocenters. The van der Waals surface area contributed by atoms with Crippen LogP contribution in [-0.4, -0.2) is 39.9 Å². The molecule has 0 aromatic carbocycles. The molecule has 0 saturated carbocycles. The van der Waals surface area contributed by atoms with E-state index in [4.69, 9.17) is 10.2 Å². The maximum atomic E-state index is 9.31. The highest BCUT2D eigenvalue weighted by molar-refractivity contribution is 4.51. The molecule has 0 aromatic heterocycles. The van der Waals surface area contributed by atoms with E-state index in [0.717, 1.165) is 32.4 Å². The van der Waals surface area contributed by atoms with Gasteiger partial charge in [-0.2, -0.15) is 5.06 Å². The number of rotatable bonds is 19. The lowest BCUT2D eigenvalue weighted by Gasteiger charge is -2.10. The first-order valence-electron chi connectivity index (χ1n) is 10.5. The maximum Gasteiger partial charge on any atom is 0.151 e. The number of unbranched alkanes of at least 4 members (excludes halogenated alkanes) is 14. The topological polar surface area (TPSA) is 63.9 Å². The second kappa shape index (κ2) is 19.2. The standard InChI is InChI=1S/C20H43NO3/c1-2-21(24)19-17-15-13-11-9-7-5-3-4-6-8-10-12-14-16-18-20(22)23/h20,22-24H,2-19H2,1H3. The summed E-state index contributed by atoms with van der Waals surface area (Å²) >= 11 is 0. The van der Waals surface area contributed by atoms with Gasteiger partial charge in [0, 0.05) is 13.1 Å². The smallest absolute Gasteiger partial charge is 0.151 e. The van der Waals surface area contributed by atoms with Crippen LogP contribution in [0.2, 0.25) is 0 Å². The molecule has 4 nitrogen and oxygen atoms in total. The highest BCUT2D eigenvalue weighted by atomic mass is 16.5. The van der Waals surface area contributed by atoms with E-state index >= 15 is 0 Å². The van der Waals surface area contributed by atoms with E-state index in [-0.39, 0.29) is 0 Å². The average molecular weight is 346 g/mol. The van der Waals surface area contributed by atoms with Gasteiger partial charge in [0.05, 0.1) is 0 Å². The summed E-state index contributed by atoms with van der Waals surface area (Å²) < 4.78 is 0. The van der Waals surface area contributed by atoms with Crippen molar-refractivity contribution in [3.8, 4) is 0 Å². The Bertz CT molecular complexity index is 237. The molecule has 0 bridgehead atoms. The van der Waals surface area contributed by atoms with Gasteiger partial charge in [-0.15, -0.1) is 0 Å². The van der Waals surface area contributed by atoms with Crippen molar-refractivity contribution in [3.05, 3.63) is 0 Å². The third kappa shape index (κ3) is 19.9. The molecule has 0 saturated heterocycles. The van der Waals surface area contributed by atoms with Crippen molar-refractivity contribution >= 4 is 0 Å². The lowest BCUT2D eigenvalue weighted by atomic mass is 10.0. The average Bonchev–Trinajstić information content (AvgIpc) is 2.57. The first-order valence-corrected chi connectivity index (χ1v) is 10.5. The maximum absolute atomic E-state index is 9.31. The molecule has 146 valence electrons. The molecule has 0 heterocycles. The molecular weight excluding hydrogens is 302 g/mol. The number of hydroxylamine groups is 2. The molecule has 0 rings (SSSR count). The number of hydrogen-bond donors (Lipinski definition) is 3. The van der Waals surface area contributed by atoms with Gasteiger partial charge < -0.3 is 15.4 Å². The summed E-state index contributed by atoms with van der Waals surface area (Å²) in [7, 11) is 0. The van der Waals surface area contributed by atoms with Gasteiger partial charge in [0.2, 0.25) is 0 Å². The SMILES string of the molecule is CCN(O)CCCCCCCCCCCCCCCCCC(O)O. The second-order valence-electron chi connectivity index (χ2n) is 7.12. The van der Waals surface area contributed by atoms with Crippen molar-refractivity contribution in [2.45, 2.75) is 116 Å². The number of hydrogen-bond acceptors (Lipinski definition) is 4. The molecule has 0 atom stereocenters. The highest BCUT2D eigenvalue weighted by Gasteiger charge is 1.98. The van der Waals surface area contributed by atoms with Crippen LogP contribution in [0.4, 0.5) is 0 Å². The fourth-order valence-corrected chi connectivity index (χ4v) is 3.08. The zero-order valence-electron chi connectivity index (χ0n) is 16.1. The Balaban J connectivity index is 3.00. The van der Waals surface area contributed by atoms with Crippen LogP contribution in [0.15, 0.2) is 0 Å². The van der Waals surface area contributed by atoms with Gasteiger partial charge in [0.1, 0.15) is 0 Å². The van der Waals surface area contributed by atoms with Crippen molar-refractivity contribution in [1.82, 2.24) is 5.06 Å². The monoisotopic (exact) mass is 345 g/mol. The van der Waals surface area contributed by atoms with Crippen LogP contribution >= 0.6 is 0 Å². The van der Waals surface area contributed by atoms with Gasteiger partial charge in [-0.3, -0.25) is 0 Å². The van der Waals surface area contributed by atoms with Crippen LogP contribution in [-0.2, 0) is 0 Å². The zero-order chi connectivity index (χ0) is 17.9. The Kier molecular flexibility index (Phi) is 19.0. The van der Waals surface area contributed by atoms with Gasteiger partial charge in [-0.05, 0) is 19.3 Å². The van der Waals surface area contributed by atoms with Gasteiger partial charge in [0.25, 0.3) is 0 Å². The molecule has 0 aromatic rings. The number of nitrogens with zero attached hydrogens (tertiary/aromatic N) is 1. The minimum atomic E-state index is -1.11. The Morgan fingerprint density at radius 2 is 0.917 bits per heavy atom. The van der Waals surface area contributed by atoms with Crippen molar-refractivity contribution in [2.75, 3.05) is 13.1 Å². The van der Waals surface area contributed by atoms with Gasteiger partial charge >= 0.3 is 0 Å². The summed E-state index contributed by atoms with van der Waals surface area (Å²) in [6.45, 7) is 3.53. The molecule has 4 heteroatoms. The first-order chi connectivity index (χ1) is 11.7. The van der Waals surface area contributed by atoms with E-state index in [2.05, 4.69) is 0 Å². The van der Waals surface area contributed by atoms with Gasteiger partial charge in [-0.25, -0.2) is 0 Å². The molecule has 0 spiro atoms. The molecule has 0 amide bonds. The Hall–Kier alpha value is -0.160. The van der Waals surface area contributed by atoms with E-state index < -0.39 is 6.29 Å². The summed E-state index contributed by atoms with van der Waals surface area (Å²) in [4.78, 5) is 0. The van der Waals surface area contributed by atoms with E-state index in [9.17, 15) is 5.21 Å². The fourth-order valence-electron chi connectivity index (χ4n) is 3.08. The van der Waals surface area contributed by atoms with E-state index in [1.54, 1.807) is 0 Å². The summed E-state index contributed by atoms with van der Waals surface area (Å²) in [5, 5.41) is 28.2. The van der Waals surface area contributed by atoms with E-state index in [1.807, 2.05) is 6.92 Å². The second-order valence-corrected chi connectivity index (χ2v) is 7.12. The summed E-state index contributed by atoms with van der Waals surface area (Å²) in [6.07, 6.45) is 18.6. The normalized spacial score (nSPS) is 11.8. The Morgan fingerprint density at radius 3 is 1.25 bits per heavy atom. The number of aliphatic hydroxyl groups excluding tert-OH is 1. The van der Waals surface area contributed by atoms with Crippen LogP contribution < -0.4 is 0 Å². The summed E-state index contributed by atoms with van der Waals surface area (Å²) in [5.74, 6) is 0. The van der Waals surface area contributed by atoms with E-state index in [0.29, 0.717) is 6.42 Å². The quantitative estimate of drug-likeness (QED) is 0.170. The van der Waals surface area contributed by atoms with Crippen LogP contribution in [0.25, 0.3) is 0 Å². The van der Waals surface area contributed by atoms with Crippen LogP contribution in [0.1, 0.15) is 110 Å². The van der Waals surface area contributed by atoms with E-state index in [1.165, 1.54) is 82.1 Å². The fraction of sp³-hybridized carbons (Fsp3) is 1.00. The molecule has 0 aliphatic carbocycles. The molecule has 0 aliphatic rings. The lowest BCUT2D eigenvalue weighted by Crippen LogP contribution is -2.19. The summed E-state index contributed by atoms with van der Waals surface area (Å²) in [6, 6.07) is 0. The predicted octanol–water partition coefficient (Wildman–Crippen LogP) is 5.25. The van der Waals surface area contributed by atoms with Gasteiger partial charge in [0.15, 0.2) is 6.29 Å². The van der Waals surface area contributed by atoms with Gasteiger partial charge in [-0.1, -0.05) is 90.4 Å². The minimum absolute atomic E-state index is 0.526. The van der Waals surface area contributed by atoms with Crippen molar-refractivity contribution in [3.63, 3.8) is 0 Å². The zero-order valence-corrected chi connectivity index (χ0v) is 16.1. The molecule has 0 radical (unpaired) electrons. The number of aliphatic hydroxyl groups is 2. The molecule has 24 heavy (non-hydrogen) atoms. The van der Waals surface area contributed by atoms with Crippen LogP contribution in [0.5, 0.6) is 0 Å². The third-order valence-corrected chi connectivity index (χ3v) is 4.74. The highest BCUT2D eigenvalue weighted by Crippen LogP contribution is 2.14. The Labute approximate surface area is 150 Å². The first kappa shape index (κ1) is 23.8. The molecule has 3 N–H and O–H groups in total. The van der Waals surface area contributed by atoms with Crippen LogP contribution in [0, 0.1) is 0 Å². The van der Waals surface area contributed by atoms with Crippen molar-refractivity contribution in [2.24, 2.45) is 0 Å². The molecular formula is C20H43NO3. The van der Waals surface area contributed by atoms with Crippen molar-refractivity contribution in [1.29, 1.82) is 0 Å².